The lowest BCUT2D eigenvalue weighted by atomic mass is 10.1. The highest BCUT2D eigenvalue weighted by Gasteiger charge is 2.36. The van der Waals surface area contributed by atoms with E-state index in [1.807, 2.05) is 18.2 Å². The second-order valence-corrected chi connectivity index (χ2v) is 4.08. The van der Waals surface area contributed by atoms with E-state index < -0.39 is 6.29 Å². The molecule has 0 aliphatic carbocycles. The fourth-order valence-electron chi connectivity index (χ4n) is 1.72. The summed E-state index contributed by atoms with van der Waals surface area (Å²) in [5.41, 5.74) is 1.32. The molecule has 0 radical (unpaired) electrons. The van der Waals surface area contributed by atoms with Crippen LogP contribution in [0.1, 0.15) is 18.4 Å². The van der Waals surface area contributed by atoms with Crippen LogP contribution in [0.5, 0.6) is 0 Å². The number of hydrogen-bond donors (Lipinski definition) is 0. The van der Waals surface area contributed by atoms with Crippen molar-refractivity contribution >= 4 is 5.78 Å². The first-order valence-corrected chi connectivity index (χ1v) is 5.57. The van der Waals surface area contributed by atoms with Gasteiger partial charge in [0.05, 0.1) is 12.7 Å². The number of rotatable bonds is 0. The molecule has 3 nitrogen and oxygen atoms in total. The van der Waals surface area contributed by atoms with Crippen molar-refractivity contribution in [1.29, 1.82) is 0 Å². The number of Topliss-reactive ketones (excluding diaryl/α,β-unsaturated/α-hetero) is 1. The molecule has 16 heavy (non-hydrogen) atoms. The van der Waals surface area contributed by atoms with Crippen molar-refractivity contribution in [1.82, 2.24) is 0 Å². The molecule has 2 fully saturated rings. The average Bonchev–Trinajstić information content (AvgIpc) is 2.70. The van der Waals surface area contributed by atoms with E-state index in [4.69, 9.17) is 9.47 Å². The largest absolute Gasteiger partial charge is 0.343 e. The van der Waals surface area contributed by atoms with E-state index in [0.717, 1.165) is 6.42 Å². The van der Waals surface area contributed by atoms with Gasteiger partial charge in [-0.15, -0.1) is 0 Å². The van der Waals surface area contributed by atoms with Gasteiger partial charge in [0.15, 0.2) is 5.78 Å². The Hall–Kier alpha value is -1.19. The molecule has 0 unspecified atom stereocenters. The minimum Gasteiger partial charge on any atom is -0.343 e. The van der Waals surface area contributed by atoms with Gasteiger partial charge >= 0.3 is 0 Å². The van der Waals surface area contributed by atoms with Gasteiger partial charge < -0.3 is 9.47 Å². The Bertz CT molecular complexity index is 347. The molecule has 86 valence electrons. The van der Waals surface area contributed by atoms with Crippen LogP contribution < -0.4 is 0 Å². The molecular formula is C13H16O3. The maximum Gasteiger partial charge on any atom is 0.218 e. The minimum atomic E-state index is -0.510. The summed E-state index contributed by atoms with van der Waals surface area (Å²) in [6, 6.07) is 10.3. The summed E-state index contributed by atoms with van der Waals surface area (Å²) in [5, 5.41) is 0. The number of carbonyl (C=O) groups excluding carboxylic acids is 1. The Kier molecular flexibility index (Phi) is 3.70. The Morgan fingerprint density at radius 1 is 1.25 bits per heavy atom. The average molecular weight is 220 g/mol. The fraction of sp³-hybridized carbons (Fsp3) is 0.462. The SMILES string of the molecule is Cc1ccccc1.O=C1CC[C@H]2CO[C@@H]1O2. The zero-order chi connectivity index (χ0) is 11.4. The van der Waals surface area contributed by atoms with Crippen LogP contribution in [0.25, 0.3) is 0 Å². The van der Waals surface area contributed by atoms with Gasteiger partial charge in [-0.2, -0.15) is 0 Å². The lowest BCUT2D eigenvalue weighted by Gasteiger charge is -2.15. The molecule has 3 rings (SSSR count). The highest BCUT2D eigenvalue weighted by molar-refractivity contribution is 5.82. The summed E-state index contributed by atoms with van der Waals surface area (Å²) in [7, 11) is 0. The first kappa shape index (κ1) is 11.3. The topological polar surface area (TPSA) is 35.5 Å². The van der Waals surface area contributed by atoms with Crippen LogP contribution >= 0.6 is 0 Å². The third-order valence-corrected chi connectivity index (χ3v) is 2.67. The molecule has 2 saturated heterocycles. The van der Waals surface area contributed by atoms with Gasteiger partial charge in [-0.05, 0) is 13.3 Å². The van der Waals surface area contributed by atoms with Crippen LogP contribution in [-0.4, -0.2) is 24.8 Å². The highest BCUT2D eigenvalue weighted by atomic mass is 16.7. The van der Waals surface area contributed by atoms with Crippen LogP contribution in [0, 0.1) is 6.92 Å². The fourth-order valence-corrected chi connectivity index (χ4v) is 1.72. The molecule has 2 aliphatic rings. The number of ketones is 1. The zero-order valence-corrected chi connectivity index (χ0v) is 9.39. The molecule has 2 atom stereocenters. The van der Waals surface area contributed by atoms with Crippen molar-refractivity contribution in [3.63, 3.8) is 0 Å². The Balaban J connectivity index is 0.000000125. The quantitative estimate of drug-likeness (QED) is 0.671. The summed E-state index contributed by atoms with van der Waals surface area (Å²) in [6.07, 6.45) is 1.17. The summed E-state index contributed by atoms with van der Waals surface area (Å²) in [4.78, 5) is 10.8. The van der Waals surface area contributed by atoms with Gasteiger partial charge in [-0.3, -0.25) is 4.79 Å². The van der Waals surface area contributed by atoms with Gasteiger partial charge in [0.2, 0.25) is 6.29 Å². The number of fused-ring (bicyclic) bond motifs is 2. The lowest BCUT2D eigenvalue weighted by Crippen LogP contribution is -2.27. The molecule has 0 amide bonds. The maximum atomic E-state index is 10.8. The number of hydrogen-bond acceptors (Lipinski definition) is 3. The predicted octanol–water partition coefficient (Wildman–Crippen LogP) is 2.09. The zero-order valence-electron chi connectivity index (χ0n) is 9.39. The van der Waals surface area contributed by atoms with Crippen LogP contribution in [0.3, 0.4) is 0 Å². The van der Waals surface area contributed by atoms with Gasteiger partial charge in [-0.1, -0.05) is 35.9 Å². The monoisotopic (exact) mass is 220 g/mol. The highest BCUT2D eigenvalue weighted by Crippen LogP contribution is 2.23. The van der Waals surface area contributed by atoms with Crippen molar-refractivity contribution in [3.8, 4) is 0 Å². The first-order chi connectivity index (χ1) is 7.75. The standard InChI is InChI=1S/C7H8.C6H8O3/c1-7-5-3-2-4-6-7;7-5-2-1-4-3-8-6(5)9-4/h2-6H,1H3;4,6H,1-3H2/t;4-,6+/m.0/s1. The molecule has 0 aromatic heterocycles. The number of aryl methyl sites for hydroxylation is 1. The summed E-state index contributed by atoms with van der Waals surface area (Å²) >= 11 is 0. The summed E-state index contributed by atoms with van der Waals surface area (Å²) < 4.78 is 10.2. The molecular weight excluding hydrogens is 204 g/mol. The lowest BCUT2D eigenvalue weighted by molar-refractivity contribution is -0.152. The Morgan fingerprint density at radius 2 is 2.00 bits per heavy atom. The minimum absolute atomic E-state index is 0.101. The Labute approximate surface area is 95.4 Å². The van der Waals surface area contributed by atoms with E-state index in [9.17, 15) is 4.79 Å². The van der Waals surface area contributed by atoms with Crippen molar-refractivity contribution in [2.24, 2.45) is 0 Å². The van der Waals surface area contributed by atoms with Gasteiger partial charge in [0, 0.05) is 6.42 Å². The van der Waals surface area contributed by atoms with Crippen LogP contribution in [-0.2, 0) is 14.3 Å². The molecule has 0 spiro atoms. The molecule has 2 bridgehead atoms. The van der Waals surface area contributed by atoms with Crippen LogP contribution in [0.4, 0.5) is 0 Å². The molecule has 3 heteroatoms. The summed E-state index contributed by atoms with van der Waals surface area (Å²) in [5.74, 6) is 0.101. The van der Waals surface area contributed by atoms with Crippen molar-refractivity contribution in [3.05, 3.63) is 35.9 Å². The van der Waals surface area contributed by atoms with E-state index >= 15 is 0 Å². The third-order valence-electron chi connectivity index (χ3n) is 2.67. The normalized spacial score (nSPS) is 27.2. The van der Waals surface area contributed by atoms with Crippen LogP contribution in [0.15, 0.2) is 30.3 Å². The third kappa shape index (κ3) is 2.90. The second-order valence-electron chi connectivity index (χ2n) is 4.08. The number of benzene rings is 1. The van der Waals surface area contributed by atoms with Crippen molar-refractivity contribution < 1.29 is 14.3 Å². The molecule has 1 aromatic carbocycles. The second kappa shape index (κ2) is 5.23. The smallest absolute Gasteiger partial charge is 0.218 e. The maximum absolute atomic E-state index is 10.8. The van der Waals surface area contributed by atoms with E-state index in [1.54, 1.807) is 0 Å². The van der Waals surface area contributed by atoms with Gasteiger partial charge in [0.25, 0.3) is 0 Å². The van der Waals surface area contributed by atoms with Crippen LogP contribution in [0.2, 0.25) is 0 Å². The molecule has 0 N–H and O–H groups in total. The van der Waals surface area contributed by atoms with Crippen molar-refractivity contribution in [2.45, 2.75) is 32.2 Å². The summed E-state index contributed by atoms with van der Waals surface area (Å²) in [6.45, 7) is 2.69. The molecule has 1 aromatic rings. The first-order valence-electron chi connectivity index (χ1n) is 5.57. The molecule has 2 aliphatic heterocycles. The van der Waals surface area contributed by atoms with Crippen molar-refractivity contribution in [2.75, 3.05) is 6.61 Å². The van der Waals surface area contributed by atoms with Gasteiger partial charge in [0.1, 0.15) is 0 Å². The van der Waals surface area contributed by atoms with E-state index in [2.05, 4.69) is 19.1 Å². The van der Waals surface area contributed by atoms with E-state index in [-0.39, 0.29) is 11.9 Å². The number of carbonyl (C=O) groups is 1. The molecule has 0 saturated carbocycles. The van der Waals surface area contributed by atoms with E-state index in [1.165, 1.54) is 5.56 Å². The Morgan fingerprint density at radius 3 is 2.56 bits per heavy atom. The van der Waals surface area contributed by atoms with Gasteiger partial charge in [-0.25, -0.2) is 0 Å². The number of ether oxygens (including phenoxy) is 2. The predicted molar refractivity (Wildman–Crippen MR) is 60.0 cm³/mol. The molecule has 2 heterocycles. The van der Waals surface area contributed by atoms with E-state index in [0.29, 0.717) is 13.0 Å².